The Morgan fingerprint density at radius 2 is 1.42 bits per heavy atom. The third-order valence-electron chi connectivity index (χ3n) is 6.68. The van der Waals surface area contributed by atoms with E-state index in [-0.39, 0.29) is 18.1 Å². The fraction of sp³-hybridized carbons (Fsp3) is 0.107. The van der Waals surface area contributed by atoms with Gasteiger partial charge in [-0.3, -0.25) is 14.9 Å². The number of nitro benzene ring substituents is 1. The molecule has 36 heavy (non-hydrogen) atoms. The molecule has 4 aromatic rings. The van der Waals surface area contributed by atoms with Gasteiger partial charge in [0.05, 0.1) is 11.0 Å². The van der Waals surface area contributed by atoms with E-state index in [4.69, 9.17) is 5.53 Å². The van der Waals surface area contributed by atoms with Gasteiger partial charge in [-0.25, -0.2) is 0 Å². The highest BCUT2D eigenvalue weighted by Gasteiger charge is 2.62. The Labute approximate surface area is 207 Å². The average Bonchev–Trinajstić information content (AvgIpc) is 2.92. The molecule has 1 atom stereocenters. The van der Waals surface area contributed by atoms with Gasteiger partial charge in [-0.15, -0.1) is 0 Å². The lowest BCUT2D eigenvalue weighted by Crippen LogP contribution is -2.66. The van der Waals surface area contributed by atoms with E-state index in [2.05, 4.69) is 10.0 Å². The first kappa shape index (κ1) is 22.8. The first-order chi connectivity index (χ1) is 17.6. The van der Waals surface area contributed by atoms with Crippen molar-refractivity contribution in [2.75, 3.05) is 0 Å². The highest BCUT2D eigenvalue weighted by molar-refractivity contribution is 6.00. The van der Waals surface area contributed by atoms with Crippen LogP contribution >= 0.6 is 0 Å². The van der Waals surface area contributed by atoms with Crippen LogP contribution < -0.4 is 0 Å². The Balaban J connectivity index is 1.70. The topological polar surface area (TPSA) is 112 Å². The van der Waals surface area contributed by atoms with Gasteiger partial charge in [-0.1, -0.05) is 102 Å². The molecule has 1 saturated heterocycles. The van der Waals surface area contributed by atoms with Crippen molar-refractivity contribution in [2.45, 2.75) is 18.0 Å². The number of benzene rings is 4. The molecule has 5 rings (SSSR count). The lowest BCUT2D eigenvalue weighted by molar-refractivity contribution is -0.384. The second-order valence-corrected chi connectivity index (χ2v) is 8.54. The minimum absolute atomic E-state index is 0.0188. The molecule has 0 saturated carbocycles. The summed E-state index contributed by atoms with van der Waals surface area (Å²) in [7, 11) is 0. The second kappa shape index (κ2) is 9.37. The fourth-order valence-electron chi connectivity index (χ4n) is 5.10. The number of amides is 1. The molecule has 176 valence electrons. The van der Waals surface area contributed by atoms with Gasteiger partial charge in [0.25, 0.3) is 5.69 Å². The highest BCUT2D eigenvalue weighted by atomic mass is 16.6. The van der Waals surface area contributed by atoms with Crippen molar-refractivity contribution in [1.29, 1.82) is 0 Å². The Bertz CT molecular complexity index is 1430. The zero-order chi connectivity index (χ0) is 25.1. The summed E-state index contributed by atoms with van der Waals surface area (Å²) < 4.78 is 0. The van der Waals surface area contributed by atoms with Crippen molar-refractivity contribution in [3.8, 4) is 0 Å². The summed E-state index contributed by atoms with van der Waals surface area (Å²) in [5.41, 5.74) is 11.6. The first-order valence-corrected chi connectivity index (χ1v) is 11.4. The highest BCUT2D eigenvalue weighted by Crippen LogP contribution is 2.56. The SMILES string of the molecule is [N-]=[N+]=Nc1ccccc1CN1C(=O)C(c2ccccc2)(c2ccccc2)C1c1ccc([N+](=O)[O-])cc1. The Hall–Kier alpha value is -4.94. The molecule has 0 radical (unpaired) electrons. The van der Waals surface area contributed by atoms with Gasteiger partial charge < -0.3 is 4.90 Å². The summed E-state index contributed by atoms with van der Waals surface area (Å²) >= 11 is 0. The lowest BCUT2D eigenvalue weighted by Gasteiger charge is -2.57. The summed E-state index contributed by atoms with van der Waals surface area (Å²) in [4.78, 5) is 29.8. The smallest absolute Gasteiger partial charge is 0.269 e. The molecule has 1 fully saturated rings. The Morgan fingerprint density at radius 3 is 1.97 bits per heavy atom. The predicted octanol–water partition coefficient (Wildman–Crippen LogP) is 6.61. The molecule has 1 amide bonds. The van der Waals surface area contributed by atoms with Crippen molar-refractivity contribution in [1.82, 2.24) is 4.90 Å². The summed E-state index contributed by atoms with van der Waals surface area (Å²) in [5.74, 6) is -0.0982. The van der Waals surface area contributed by atoms with Crippen LogP contribution in [-0.2, 0) is 16.8 Å². The third-order valence-corrected chi connectivity index (χ3v) is 6.68. The predicted molar refractivity (Wildman–Crippen MR) is 135 cm³/mol. The van der Waals surface area contributed by atoms with Crippen LogP contribution in [0.1, 0.15) is 28.3 Å². The van der Waals surface area contributed by atoms with Gasteiger partial charge in [0.2, 0.25) is 5.91 Å². The molecule has 8 nitrogen and oxygen atoms in total. The van der Waals surface area contributed by atoms with Gasteiger partial charge in [0, 0.05) is 29.3 Å². The van der Waals surface area contributed by atoms with Crippen LogP contribution in [0.5, 0.6) is 0 Å². The van der Waals surface area contributed by atoms with Crippen molar-refractivity contribution in [3.05, 3.63) is 152 Å². The number of likely N-dealkylation sites (tertiary alicyclic amines) is 1. The van der Waals surface area contributed by atoms with Crippen LogP contribution in [0, 0.1) is 10.1 Å². The van der Waals surface area contributed by atoms with E-state index in [0.29, 0.717) is 11.3 Å². The van der Waals surface area contributed by atoms with Crippen LogP contribution in [0.15, 0.2) is 114 Å². The maximum absolute atomic E-state index is 14.2. The van der Waals surface area contributed by atoms with Crippen molar-refractivity contribution in [3.63, 3.8) is 0 Å². The van der Waals surface area contributed by atoms with Crippen molar-refractivity contribution >= 4 is 17.3 Å². The van der Waals surface area contributed by atoms with Crippen LogP contribution in [0.3, 0.4) is 0 Å². The second-order valence-electron chi connectivity index (χ2n) is 8.54. The van der Waals surface area contributed by atoms with Gasteiger partial charge in [-0.05, 0) is 27.8 Å². The van der Waals surface area contributed by atoms with Crippen LogP contribution in [0.25, 0.3) is 10.4 Å². The number of nitrogens with zero attached hydrogens (tertiary/aromatic N) is 5. The molecule has 0 bridgehead atoms. The van der Waals surface area contributed by atoms with E-state index in [1.807, 2.05) is 72.8 Å². The quantitative estimate of drug-likeness (QED) is 0.0748. The average molecular weight is 476 g/mol. The minimum Gasteiger partial charge on any atom is -0.328 e. The molecule has 1 unspecified atom stereocenters. The largest absolute Gasteiger partial charge is 0.328 e. The molecule has 0 aliphatic carbocycles. The molecule has 0 N–H and O–H groups in total. The third kappa shape index (κ3) is 3.66. The standard InChI is InChI=1S/C28H21N5O3/c29-31-30-25-14-8-7-9-21(25)19-32-26(20-15-17-24(18-16-20)33(35)36)28(27(32)34,22-10-3-1-4-11-22)23-12-5-2-6-13-23/h1-18,26H,19H2. The van der Waals surface area contributed by atoms with E-state index in [9.17, 15) is 14.9 Å². The number of carbonyl (C=O) groups is 1. The van der Waals surface area contributed by atoms with E-state index in [1.165, 1.54) is 12.1 Å². The Kier molecular flexibility index (Phi) is 5.94. The number of hydrogen-bond donors (Lipinski definition) is 0. The zero-order valence-electron chi connectivity index (χ0n) is 19.1. The van der Waals surface area contributed by atoms with Gasteiger partial charge in [0.1, 0.15) is 5.41 Å². The normalized spacial score (nSPS) is 16.1. The molecule has 0 aromatic heterocycles. The van der Waals surface area contributed by atoms with Crippen LogP contribution in [0.4, 0.5) is 11.4 Å². The van der Waals surface area contributed by atoms with Crippen LogP contribution in [0.2, 0.25) is 0 Å². The van der Waals surface area contributed by atoms with E-state index < -0.39 is 16.4 Å². The molecular formula is C28H21N5O3. The minimum atomic E-state index is -1.02. The number of azide groups is 1. The molecule has 4 aromatic carbocycles. The van der Waals surface area contributed by atoms with Crippen LogP contribution in [-0.4, -0.2) is 15.7 Å². The maximum atomic E-state index is 14.2. The summed E-state index contributed by atoms with van der Waals surface area (Å²) in [6.07, 6.45) is 0. The van der Waals surface area contributed by atoms with Gasteiger partial charge in [0.15, 0.2) is 0 Å². The number of non-ortho nitro benzene ring substituents is 1. The number of hydrogen-bond acceptors (Lipinski definition) is 4. The molecule has 8 heteroatoms. The number of β-lactam (4-membered cyclic amide) rings is 1. The van der Waals surface area contributed by atoms with E-state index >= 15 is 0 Å². The van der Waals surface area contributed by atoms with Gasteiger partial charge >= 0.3 is 0 Å². The van der Waals surface area contributed by atoms with Crippen molar-refractivity contribution < 1.29 is 9.72 Å². The monoisotopic (exact) mass is 475 g/mol. The first-order valence-electron chi connectivity index (χ1n) is 11.4. The van der Waals surface area contributed by atoms with E-state index in [1.54, 1.807) is 29.2 Å². The molecule has 0 spiro atoms. The summed E-state index contributed by atoms with van der Waals surface area (Å²) in [6, 6.07) is 32.2. The van der Waals surface area contributed by atoms with Crippen molar-refractivity contribution in [2.24, 2.45) is 5.11 Å². The molecule has 1 heterocycles. The summed E-state index contributed by atoms with van der Waals surface area (Å²) in [6.45, 7) is 0.219. The van der Waals surface area contributed by atoms with Gasteiger partial charge in [-0.2, -0.15) is 0 Å². The Morgan fingerprint density at radius 1 is 0.861 bits per heavy atom. The van der Waals surface area contributed by atoms with E-state index in [0.717, 1.165) is 16.7 Å². The molecular weight excluding hydrogens is 454 g/mol. The fourth-order valence-corrected chi connectivity index (χ4v) is 5.10. The zero-order valence-corrected chi connectivity index (χ0v) is 19.1. The summed E-state index contributed by atoms with van der Waals surface area (Å²) in [5, 5.41) is 15.1. The number of nitro groups is 1. The molecule has 1 aliphatic rings. The maximum Gasteiger partial charge on any atom is 0.269 e. The number of rotatable bonds is 7. The molecule has 1 aliphatic heterocycles. The lowest BCUT2D eigenvalue weighted by atomic mass is 9.59. The number of carbonyl (C=O) groups excluding carboxylic acids is 1.